The van der Waals surface area contributed by atoms with Crippen LogP contribution < -0.4 is 0 Å². The molecule has 4 heteroatoms. The highest BCUT2D eigenvalue weighted by Crippen LogP contribution is 2.20. The number of alkyl halides is 1. The summed E-state index contributed by atoms with van der Waals surface area (Å²) in [5.41, 5.74) is 2.42. The van der Waals surface area contributed by atoms with Gasteiger partial charge in [0.15, 0.2) is 0 Å². The molecule has 2 aromatic rings. The van der Waals surface area contributed by atoms with E-state index in [1.165, 1.54) is 10.9 Å². The summed E-state index contributed by atoms with van der Waals surface area (Å²) in [4.78, 5) is 16.9. The van der Waals surface area contributed by atoms with Crippen molar-refractivity contribution in [3.8, 4) is 0 Å². The van der Waals surface area contributed by atoms with Crippen molar-refractivity contribution in [2.75, 3.05) is 19.0 Å². The molecule has 1 atom stereocenters. The van der Waals surface area contributed by atoms with Crippen LogP contribution in [-0.4, -0.2) is 34.8 Å². The summed E-state index contributed by atoms with van der Waals surface area (Å²) in [6.07, 6.45) is 3.46. The predicted molar refractivity (Wildman–Crippen MR) is 77.4 cm³/mol. The van der Waals surface area contributed by atoms with Crippen molar-refractivity contribution in [2.24, 2.45) is 5.92 Å². The van der Waals surface area contributed by atoms with Crippen LogP contribution in [0.5, 0.6) is 0 Å². The molecule has 3 rings (SSSR count). The van der Waals surface area contributed by atoms with E-state index in [1.54, 1.807) is 0 Å². The summed E-state index contributed by atoms with van der Waals surface area (Å²) < 4.78 is 0. The van der Waals surface area contributed by atoms with Crippen molar-refractivity contribution in [1.29, 1.82) is 0 Å². The number of benzene rings is 1. The third-order valence-electron chi connectivity index (χ3n) is 3.80. The standard InChI is InChI=1S/C15H17ClN2O/c16-9-12-8-15(19)18(10-12)6-4-11-1-2-13-3-5-17-14(13)7-11/h1-3,5,7,12,17H,4,6,8-10H2. The van der Waals surface area contributed by atoms with E-state index in [1.807, 2.05) is 11.1 Å². The number of carbonyl (C=O) groups excluding carboxylic acids is 1. The van der Waals surface area contributed by atoms with Gasteiger partial charge in [0.2, 0.25) is 5.91 Å². The second kappa shape index (κ2) is 5.25. The molecule has 0 aliphatic carbocycles. The Kier molecular flexibility index (Phi) is 3.47. The van der Waals surface area contributed by atoms with Gasteiger partial charge in [-0.25, -0.2) is 0 Å². The fraction of sp³-hybridized carbons (Fsp3) is 0.400. The van der Waals surface area contributed by atoms with Crippen LogP contribution >= 0.6 is 11.6 Å². The fourth-order valence-corrected chi connectivity index (χ4v) is 2.89. The van der Waals surface area contributed by atoms with Crippen molar-refractivity contribution in [3.63, 3.8) is 0 Å². The number of halogens is 1. The lowest BCUT2D eigenvalue weighted by Crippen LogP contribution is -2.27. The molecule has 1 aliphatic heterocycles. The molecule has 1 aromatic heterocycles. The van der Waals surface area contributed by atoms with Crippen LogP contribution in [0.15, 0.2) is 30.5 Å². The number of likely N-dealkylation sites (tertiary alicyclic amines) is 1. The van der Waals surface area contributed by atoms with Crippen LogP contribution in [0.3, 0.4) is 0 Å². The highest BCUT2D eigenvalue weighted by Gasteiger charge is 2.28. The summed E-state index contributed by atoms with van der Waals surface area (Å²) in [6, 6.07) is 8.48. The van der Waals surface area contributed by atoms with Crippen molar-refractivity contribution >= 4 is 28.4 Å². The van der Waals surface area contributed by atoms with Gasteiger partial charge in [0.25, 0.3) is 0 Å². The molecular formula is C15H17ClN2O. The lowest BCUT2D eigenvalue weighted by atomic mass is 10.1. The molecule has 0 saturated carbocycles. The Hall–Kier alpha value is -1.48. The molecule has 100 valence electrons. The molecule has 19 heavy (non-hydrogen) atoms. The summed E-state index contributed by atoms with van der Waals surface area (Å²) in [5, 5.41) is 1.23. The number of carbonyl (C=O) groups is 1. The monoisotopic (exact) mass is 276 g/mol. The molecule has 2 heterocycles. The van der Waals surface area contributed by atoms with Gasteiger partial charge in [-0.1, -0.05) is 12.1 Å². The van der Waals surface area contributed by atoms with Crippen molar-refractivity contribution in [2.45, 2.75) is 12.8 Å². The smallest absolute Gasteiger partial charge is 0.222 e. The van der Waals surface area contributed by atoms with Gasteiger partial charge in [-0.3, -0.25) is 4.79 Å². The SMILES string of the molecule is O=C1CC(CCl)CN1CCc1ccc2cc[nH]c2c1. The Morgan fingerprint density at radius 3 is 3.05 bits per heavy atom. The van der Waals surface area contributed by atoms with E-state index in [2.05, 4.69) is 29.2 Å². The highest BCUT2D eigenvalue weighted by molar-refractivity contribution is 6.18. The summed E-state index contributed by atoms with van der Waals surface area (Å²) >= 11 is 5.83. The quantitative estimate of drug-likeness (QED) is 0.857. The van der Waals surface area contributed by atoms with Gasteiger partial charge in [-0.05, 0) is 35.4 Å². The number of rotatable bonds is 4. The van der Waals surface area contributed by atoms with Gasteiger partial charge in [-0.15, -0.1) is 11.6 Å². The van der Waals surface area contributed by atoms with E-state index in [-0.39, 0.29) is 5.91 Å². The minimum absolute atomic E-state index is 0.242. The minimum atomic E-state index is 0.242. The van der Waals surface area contributed by atoms with Crippen LogP contribution in [-0.2, 0) is 11.2 Å². The molecule has 1 aliphatic rings. The van der Waals surface area contributed by atoms with Gasteiger partial charge in [0.1, 0.15) is 0 Å². The zero-order valence-electron chi connectivity index (χ0n) is 10.7. The maximum Gasteiger partial charge on any atom is 0.222 e. The van der Waals surface area contributed by atoms with Crippen LogP contribution in [0.1, 0.15) is 12.0 Å². The first-order valence-electron chi connectivity index (χ1n) is 6.66. The molecule has 1 saturated heterocycles. The first kappa shape index (κ1) is 12.5. The van der Waals surface area contributed by atoms with Crippen LogP contribution in [0.4, 0.5) is 0 Å². The number of aromatic nitrogens is 1. The number of hydrogen-bond acceptors (Lipinski definition) is 1. The number of H-pyrrole nitrogens is 1. The first-order chi connectivity index (χ1) is 9.26. The van der Waals surface area contributed by atoms with Gasteiger partial charge < -0.3 is 9.88 Å². The van der Waals surface area contributed by atoms with E-state index in [4.69, 9.17) is 11.6 Å². The van der Waals surface area contributed by atoms with E-state index < -0.39 is 0 Å². The highest BCUT2D eigenvalue weighted by atomic mass is 35.5. The lowest BCUT2D eigenvalue weighted by molar-refractivity contribution is -0.127. The summed E-state index contributed by atoms with van der Waals surface area (Å²) in [7, 11) is 0. The van der Waals surface area contributed by atoms with Gasteiger partial charge >= 0.3 is 0 Å². The number of aromatic amines is 1. The Balaban J connectivity index is 1.64. The molecule has 1 amide bonds. The van der Waals surface area contributed by atoms with Crippen LogP contribution in [0.25, 0.3) is 10.9 Å². The molecule has 0 radical (unpaired) electrons. The van der Waals surface area contributed by atoms with E-state index in [0.717, 1.165) is 25.0 Å². The Bertz CT molecular complexity index is 593. The second-order valence-corrected chi connectivity index (χ2v) is 5.52. The minimum Gasteiger partial charge on any atom is -0.361 e. The molecule has 0 spiro atoms. The number of fused-ring (bicyclic) bond motifs is 1. The van der Waals surface area contributed by atoms with Gasteiger partial charge in [-0.2, -0.15) is 0 Å². The van der Waals surface area contributed by atoms with Crippen LogP contribution in [0, 0.1) is 5.92 Å². The number of nitrogens with one attached hydrogen (secondary N) is 1. The molecule has 1 N–H and O–H groups in total. The lowest BCUT2D eigenvalue weighted by Gasteiger charge is -2.16. The Morgan fingerprint density at radius 1 is 1.37 bits per heavy atom. The molecule has 1 fully saturated rings. The maximum atomic E-state index is 11.8. The number of nitrogens with zero attached hydrogens (tertiary/aromatic N) is 1. The topological polar surface area (TPSA) is 36.1 Å². The van der Waals surface area contributed by atoms with Gasteiger partial charge in [0, 0.05) is 37.1 Å². The Morgan fingerprint density at radius 2 is 2.26 bits per heavy atom. The fourth-order valence-electron chi connectivity index (χ4n) is 2.69. The van der Waals surface area contributed by atoms with E-state index in [0.29, 0.717) is 18.2 Å². The zero-order chi connectivity index (χ0) is 13.2. The normalized spacial score (nSPS) is 19.5. The molecule has 3 nitrogen and oxygen atoms in total. The zero-order valence-corrected chi connectivity index (χ0v) is 11.5. The number of hydrogen-bond donors (Lipinski definition) is 1. The third-order valence-corrected chi connectivity index (χ3v) is 4.24. The van der Waals surface area contributed by atoms with E-state index >= 15 is 0 Å². The molecular weight excluding hydrogens is 260 g/mol. The average molecular weight is 277 g/mol. The summed E-state index contributed by atoms with van der Waals surface area (Å²) in [5.74, 6) is 1.16. The van der Waals surface area contributed by atoms with Crippen molar-refractivity contribution < 1.29 is 4.79 Å². The van der Waals surface area contributed by atoms with E-state index in [9.17, 15) is 4.79 Å². The predicted octanol–water partition coefficient (Wildman–Crippen LogP) is 2.80. The summed E-state index contributed by atoms with van der Waals surface area (Å²) in [6.45, 7) is 1.60. The molecule has 1 unspecified atom stereocenters. The average Bonchev–Trinajstić information content (AvgIpc) is 3.02. The molecule has 0 bridgehead atoms. The molecule has 1 aromatic carbocycles. The van der Waals surface area contributed by atoms with Crippen molar-refractivity contribution in [1.82, 2.24) is 9.88 Å². The third kappa shape index (κ3) is 2.61. The van der Waals surface area contributed by atoms with Gasteiger partial charge in [0.05, 0.1) is 0 Å². The van der Waals surface area contributed by atoms with Crippen molar-refractivity contribution in [3.05, 3.63) is 36.0 Å². The second-order valence-electron chi connectivity index (χ2n) is 5.21. The first-order valence-corrected chi connectivity index (χ1v) is 7.19. The van der Waals surface area contributed by atoms with Crippen LogP contribution in [0.2, 0.25) is 0 Å². The largest absolute Gasteiger partial charge is 0.361 e. The Labute approximate surface area is 117 Å². The maximum absolute atomic E-state index is 11.8. The number of amides is 1.